The van der Waals surface area contributed by atoms with E-state index in [1.54, 1.807) is 11.4 Å². The largest absolute Gasteiger partial charge is 0.326 e. The Bertz CT molecular complexity index is 883. The Kier molecular flexibility index (Phi) is 5.05. The zero-order chi connectivity index (χ0) is 17.6. The minimum Gasteiger partial charge on any atom is -0.326 e. The number of halogens is 1. The van der Waals surface area contributed by atoms with Crippen LogP contribution in [-0.4, -0.2) is 26.8 Å². The van der Waals surface area contributed by atoms with E-state index in [1.165, 1.54) is 48.0 Å². The second-order valence-electron chi connectivity index (χ2n) is 4.90. The fraction of sp³-hybridized carbons (Fsp3) is 0.0625. The van der Waals surface area contributed by atoms with Crippen LogP contribution in [0.1, 0.15) is 16.3 Å². The predicted octanol–water partition coefficient (Wildman–Crippen LogP) is 2.51. The monoisotopic (exact) mass is 357 g/mol. The fourth-order valence-electron chi connectivity index (χ4n) is 1.92. The Morgan fingerprint density at radius 2 is 1.80 bits per heavy atom. The van der Waals surface area contributed by atoms with Crippen molar-refractivity contribution < 1.29 is 14.0 Å². The average molecular weight is 357 g/mol. The van der Waals surface area contributed by atoms with Crippen LogP contribution in [0.25, 0.3) is 0 Å². The molecular formula is C16H12FN5O2S. The highest BCUT2D eigenvalue weighted by molar-refractivity contribution is 7.14. The van der Waals surface area contributed by atoms with Gasteiger partial charge in [0.15, 0.2) is 5.13 Å². The standard InChI is InChI=1S/C16H12FN5O2S/c17-10-2-4-11(5-3-10)20-13(23)8-12-9-25-16(21-12)22-15(24)14-18-6-1-7-19-14/h1-7,9H,8H2,(H,20,23)(H,21,22,24). The molecule has 0 saturated carbocycles. The van der Waals surface area contributed by atoms with E-state index in [-0.39, 0.29) is 24.0 Å². The van der Waals surface area contributed by atoms with Crippen molar-refractivity contribution in [2.75, 3.05) is 10.6 Å². The number of thiazole rings is 1. The minimum absolute atomic E-state index is 0.0333. The number of nitrogens with zero attached hydrogens (tertiary/aromatic N) is 3. The smallest absolute Gasteiger partial charge is 0.295 e. The highest BCUT2D eigenvalue weighted by atomic mass is 32.1. The summed E-state index contributed by atoms with van der Waals surface area (Å²) in [6.45, 7) is 0. The first-order valence-electron chi connectivity index (χ1n) is 7.18. The molecule has 0 saturated heterocycles. The lowest BCUT2D eigenvalue weighted by atomic mass is 10.3. The van der Waals surface area contributed by atoms with Crippen LogP contribution in [-0.2, 0) is 11.2 Å². The molecule has 3 rings (SSSR count). The van der Waals surface area contributed by atoms with Gasteiger partial charge < -0.3 is 5.32 Å². The molecule has 1 aromatic carbocycles. The lowest BCUT2D eigenvalue weighted by Gasteiger charge is -2.03. The lowest BCUT2D eigenvalue weighted by molar-refractivity contribution is -0.115. The van der Waals surface area contributed by atoms with E-state index >= 15 is 0 Å². The van der Waals surface area contributed by atoms with Crippen molar-refractivity contribution in [1.82, 2.24) is 15.0 Å². The zero-order valence-corrected chi connectivity index (χ0v) is 13.6. The van der Waals surface area contributed by atoms with Gasteiger partial charge in [0.05, 0.1) is 12.1 Å². The zero-order valence-electron chi connectivity index (χ0n) is 12.8. The van der Waals surface area contributed by atoms with Gasteiger partial charge in [-0.1, -0.05) is 0 Å². The Morgan fingerprint density at radius 1 is 1.08 bits per heavy atom. The number of anilines is 2. The molecule has 0 fully saturated rings. The first-order valence-corrected chi connectivity index (χ1v) is 8.06. The highest BCUT2D eigenvalue weighted by Gasteiger charge is 2.13. The van der Waals surface area contributed by atoms with Crippen molar-refractivity contribution in [2.24, 2.45) is 0 Å². The molecule has 0 aliphatic heterocycles. The maximum atomic E-state index is 12.8. The Hall–Kier alpha value is -3.20. The number of hydrogen-bond acceptors (Lipinski definition) is 6. The maximum Gasteiger partial charge on any atom is 0.295 e. The average Bonchev–Trinajstić information content (AvgIpc) is 3.04. The van der Waals surface area contributed by atoms with Gasteiger partial charge >= 0.3 is 0 Å². The minimum atomic E-state index is -0.475. The second kappa shape index (κ2) is 7.58. The highest BCUT2D eigenvalue weighted by Crippen LogP contribution is 2.17. The third-order valence-electron chi connectivity index (χ3n) is 3.01. The van der Waals surface area contributed by atoms with Crippen molar-refractivity contribution >= 4 is 34.0 Å². The first-order chi connectivity index (χ1) is 12.1. The fourth-order valence-corrected chi connectivity index (χ4v) is 2.62. The Morgan fingerprint density at radius 3 is 2.52 bits per heavy atom. The second-order valence-corrected chi connectivity index (χ2v) is 5.76. The summed E-state index contributed by atoms with van der Waals surface area (Å²) in [4.78, 5) is 35.8. The quantitative estimate of drug-likeness (QED) is 0.731. The molecule has 9 heteroatoms. The van der Waals surface area contributed by atoms with Crippen LogP contribution < -0.4 is 10.6 Å². The number of amides is 2. The van der Waals surface area contributed by atoms with Crippen LogP contribution in [0.3, 0.4) is 0 Å². The molecule has 0 aliphatic rings. The summed E-state index contributed by atoms with van der Waals surface area (Å²) >= 11 is 1.19. The van der Waals surface area contributed by atoms with Crippen molar-refractivity contribution in [3.05, 3.63) is 65.4 Å². The number of rotatable bonds is 5. The van der Waals surface area contributed by atoms with E-state index in [1.807, 2.05) is 0 Å². The lowest BCUT2D eigenvalue weighted by Crippen LogP contribution is -2.16. The predicted molar refractivity (Wildman–Crippen MR) is 90.8 cm³/mol. The van der Waals surface area contributed by atoms with Crippen molar-refractivity contribution in [3.63, 3.8) is 0 Å². The van der Waals surface area contributed by atoms with E-state index in [2.05, 4.69) is 25.6 Å². The van der Waals surface area contributed by atoms with Crippen LogP contribution >= 0.6 is 11.3 Å². The topological polar surface area (TPSA) is 96.9 Å². The van der Waals surface area contributed by atoms with Gasteiger partial charge in [0, 0.05) is 23.5 Å². The normalized spacial score (nSPS) is 10.3. The summed E-state index contributed by atoms with van der Waals surface area (Å²) in [5.41, 5.74) is 1.00. The summed E-state index contributed by atoms with van der Waals surface area (Å²) in [6, 6.07) is 7.08. The van der Waals surface area contributed by atoms with Gasteiger partial charge in [0.2, 0.25) is 11.7 Å². The Balaban J connectivity index is 1.57. The van der Waals surface area contributed by atoms with Crippen molar-refractivity contribution in [3.8, 4) is 0 Å². The molecule has 2 heterocycles. The van der Waals surface area contributed by atoms with Gasteiger partial charge in [0.25, 0.3) is 5.91 Å². The number of hydrogen-bond donors (Lipinski definition) is 2. The number of carbonyl (C=O) groups is 2. The molecule has 25 heavy (non-hydrogen) atoms. The van der Waals surface area contributed by atoms with E-state index in [9.17, 15) is 14.0 Å². The molecule has 3 aromatic rings. The molecule has 2 aromatic heterocycles. The molecule has 0 bridgehead atoms. The van der Waals surface area contributed by atoms with Crippen molar-refractivity contribution in [2.45, 2.75) is 6.42 Å². The van der Waals surface area contributed by atoms with Gasteiger partial charge in [-0.2, -0.15) is 0 Å². The third-order valence-corrected chi connectivity index (χ3v) is 3.82. The molecule has 7 nitrogen and oxygen atoms in total. The summed E-state index contributed by atoms with van der Waals surface area (Å²) in [5.74, 6) is -1.10. The first kappa shape index (κ1) is 16.7. The molecule has 2 amide bonds. The molecule has 2 N–H and O–H groups in total. The van der Waals surface area contributed by atoms with E-state index in [0.29, 0.717) is 16.5 Å². The van der Waals surface area contributed by atoms with E-state index in [4.69, 9.17) is 0 Å². The number of benzene rings is 1. The van der Waals surface area contributed by atoms with Crippen LogP contribution in [0.5, 0.6) is 0 Å². The summed E-state index contributed by atoms with van der Waals surface area (Å²) < 4.78 is 12.8. The summed E-state index contributed by atoms with van der Waals surface area (Å²) in [6.07, 6.45) is 2.97. The molecule has 0 spiro atoms. The molecular weight excluding hydrogens is 345 g/mol. The SMILES string of the molecule is O=C(Cc1csc(NC(=O)c2ncccn2)n1)Nc1ccc(F)cc1. The van der Waals surface area contributed by atoms with Gasteiger partial charge in [-0.3, -0.25) is 14.9 Å². The van der Waals surface area contributed by atoms with Crippen LogP contribution in [0, 0.1) is 5.82 Å². The summed E-state index contributed by atoms with van der Waals surface area (Å²) in [5, 5.41) is 7.24. The number of aromatic nitrogens is 3. The number of nitrogens with one attached hydrogen (secondary N) is 2. The van der Waals surface area contributed by atoms with Gasteiger partial charge in [0.1, 0.15) is 5.82 Å². The Labute approximate surface area is 146 Å². The van der Waals surface area contributed by atoms with E-state index < -0.39 is 5.91 Å². The number of carbonyl (C=O) groups excluding carboxylic acids is 2. The summed E-state index contributed by atoms with van der Waals surface area (Å²) in [7, 11) is 0. The van der Waals surface area contributed by atoms with Gasteiger partial charge in [-0.15, -0.1) is 11.3 Å². The molecule has 126 valence electrons. The third kappa shape index (κ3) is 4.64. The van der Waals surface area contributed by atoms with Crippen LogP contribution in [0.4, 0.5) is 15.2 Å². The van der Waals surface area contributed by atoms with Gasteiger partial charge in [-0.25, -0.2) is 19.3 Å². The maximum absolute atomic E-state index is 12.8. The molecule has 0 aliphatic carbocycles. The van der Waals surface area contributed by atoms with E-state index in [0.717, 1.165) is 0 Å². The van der Waals surface area contributed by atoms with Crippen LogP contribution in [0.15, 0.2) is 48.1 Å². The van der Waals surface area contributed by atoms with Gasteiger partial charge in [-0.05, 0) is 30.3 Å². The van der Waals surface area contributed by atoms with Crippen LogP contribution in [0.2, 0.25) is 0 Å². The molecule has 0 atom stereocenters. The van der Waals surface area contributed by atoms with Crippen molar-refractivity contribution in [1.29, 1.82) is 0 Å². The molecule has 0 unspecified atom stereocenters. The molecule has 0 radical (unpaired) electrons.